The van der Waals surface area contributed by atoms with E-state index in [2.05, 4.69) is 57.4 Å². The Morgan fingerprint density at radius 3 is 2.77 bits per heavy atom. The average molecular weight is 421 g/mol. The standard InChI is InChI=1S/C21H26N6O.C3H6/c1-14(16-5-4-15(2)23-8-16)7-22-11-19-12-24-20-6-17(9-25-21(20)28-19)18-10-26-27(3)13-18;1-3-2/h4-6,8-10,13-14,19,22,24H,7,11-12H2,1-3H3;3H,1H2,2H3. The van der Waals surface area contributed by atoms with Gasteiger partial charge in [-0.2, -0.15) is 5.10 Å². The lowest BCUT2D eigenvalue weighted by Gasteiger charge is -2.27. The number of fused-ring (bicyclic) bond motifs is 1. The number of hydrogen-bond acceptors (Lipinski definition) is 6. The predicted octanol–water partition coefficient (Wildman–Crippen LogP) is 3.94. The maximum atomic E-state index is 6.06. The molecule has 1 aliphatic rings. The maximum Gasteiger partial charge on any atom is 0.237 e. The second-order valence-electron chi connectivity index (χ2n) is 7.80. The average Bonchev–Trinajstić information content (AvgIpc) is 3.20. The van der Waals surface area contributed by atoms with Crippen LogP contribution in [0.1, 0.15) is 31.0 Å². The van der Waals surface area contributed by atoms with Crippen molar-refractivity contribution in [1.29, 1.82) is 0 Å². The molecule has 1 aliphatic heterocycles. The molecular weight excluding hydrogens is 388 g/mol. The molecule has 31 heavy (non-hydrogen) atoms. The Hall–Kier alpha value is -3.19. The molecular formula is C24H32N6O. The molecule has 0 saturated heterocycles. The highest BCUT2D eigenvalue weighted by Crippen LogP contribution is 2.31. The quantitative estimate of drug-likeness (QED) is 0.588. The highest BCUT2D eigenvalue weighted by Gasteiger charge is 2.21. The maximum absolute atomic E-state index is 6.06. The van der Waals surface area contributed by atoms with Gasteiger partial charge in [0.1, 0.15) is 6.10 Å². The van der Waals surface area contributed by atoms with Crippen LogP contribution in [0, 0.1) is 6.92 Å². The predicted molar refractivity (Wildman–Crippen MR) is 125 cm³/mol. The molecule has 0 radical (unpaired) electrons. The number of aromatic nitrogens is 4. The Labute approximate surface area is 184 Å². The van der Waals surface area contributed by atoms with E-state index in [1.54, 1.807) is 10.8 Å². The summed E-state index contributed by atoms with van der Waals surface area (Å²) < 4.78 is 7.85. The smallest absolute Gasteiger partial charge is 0.237 e. The van der Waals surface area contributed by atoms with Gasteiger partial charge in [-0.3, -0.25) is 9.67 Å². The van der Waals surface area contributed by atoms with Crippen LogP contribution >= 0.6 is 0 Å². The molecule has 0 saturated carbocycles. The largest absolute Gasteiger partial charge is 0.470 e. The van der Waals surface area contributed by atoms with Gasteiger partial charge >= 0.3 is 0 Å². The van der Waals surface area contributed by atoms with E-state index in [0.29, 0.717) is 11.8 Å². The summed E-state index contributed by atoms with van der Waals surface area (Å²) in [6.45, 7) is 11.9. The normalized spacial score (nSPS) is 15.5. The van der Waals surface area contributed by atoms with Crippen LogP contribution in [0.15, 0.2) is 55.6 Å². The van der Waals surface area contributed by atoms with E-state index < -0.39 is 0 Å². The number of rotatable bonds is 6. The molecule has 3 aromatic heterocycles. The zero-order valence-corrected chi connectivity index (χ0v) is 18.8. The molecule has 2 unspecified atom stereocenters. The van der Waals surface area contributed by atoms with Gasteiger partial charge in [0.05, 0.1) is 18.4 Å². The lowest BCUT2D eigenvalue weighted by Crippen LogP contribution is -2.40. The Bertz CT molecular complexity index is 982. The zero-order chi connectivity index (χ0) is 22.2. The summed E-state index contributed by atoms with van der Waals surface area (Å²) in [4.78, 5) is 8.87. The molecule has 3 aromatic rings. The molecule has 0 fully saturated rings. The van der Waals surface area contributed by atoms with Gasteiger partial charge in [-0.05, 0) is 37.5 Å². The van der Waals surface area contributed by atoms with Crippen LogP contribution in [0.3, 0.4) is 0 Å². The number of aryl methyl sites for hydroxylation is 2. The topological polar surface area (TPSA) is 76.9 Å². The first kappa shape index (κ1) is 22.5. The van der Waals surface area contributed by atoms with Crippen LogP contribution in [-0.4, -0.2) is 45.5 Å². The highest BCUT2D eigenvalue weighted by atomic mass is 16.5. The molecule has 2 atom stereocenters. The van der Waals surface area contributed by atoms with Crippen molar-refractivity contribution in [3.8, 4) is 17.0 Å². The SMILES string of the molecule is C=CC.Cc1ccc(C(C)CNCC2CNc3cc(-c4cnn(C)c4)cnc3O2)cn1. The monoisotopic (exact) mass is 420 g/mol. The molecule has 0 aliphatic carbocycles. The lowest BCUT2D eigenvalue weighted by atomic mass is 10.0. The van der Waals surface area contributed by atoms with Crippen LogP contribution in [-0.2, 0) is 7.05 Å². The second kappa shape index (κ2) is 10.7. The fraction of sp³-hybridized carbons (Fsp3) is 0.375. The number of pyridine rings is 2. The number of nitrogens with one attached hydrogen (secondary N) is 2. The van der Waals surface area contributed by atoms with E-state index >= 15 is 0 Å². The number of allylic oxidation sites excluding steroid dienone is 1. The van der Waals surface area contributed by atoms with Crippen molar-refractivity contribution >= 4 is 5.69 Å². The van der Waals surface area contributed by atoms with Crippen molar-refractivity contribution in [1.82, 2.24) is 25.1 Å². The zero-order valence-electron chi connectivity index (χ0n) is 18.8. The Balaban J connectivity index is 0.000000858. The van der Waals surface area contributed by atoms with Crippen molar-refractivity contribution < 1.29 is 4.74 Å². The first-order valence-corrected chi connectivity index (χ1v) is 10.6. The van der Waals surface area contributed by atoms with Gasteiger partial charge in [-0.1, -0.05) is 19.1 Å². The fourth-order valence-electron chi connectivity index (χ4n) is 3.29. The number of ether oxygens (including phenoxy) is 1. The molecule has 7 heteroatoms. The molecule has 0 spiro atoms. The second-order valence-corrected chi connectivity index (χ2v) is 7.80. The van der Waals surface area contributed by atoms with Gasteiger partial charge in [0.25, 0.3) is 0 Å². The van der Waals surface area contributed by atoms with Crippen LogP contribution in [0.2, 0.25) is 0 Å². The molecule has 4 rings (SSSR count). The number of anilines is 1. The summed E-state index contributed by atoms with van der Waals surface area (Å²) in [5.74, 6) is 1.05. The van der Waals surface area contributed by atoms with Gasteiger partial charge in [0.15, 0.2) is 0 Å². The minimum atomic E-state index is 0.0487. The van der Waals surface area contributed by atoms with Gasteiger partial charge in [-0.15, -0.1) is 6.58 Å². The summed E-state index contributed by atoms with van der Waals surface area (Å²) in [5.41, 5.74) is 5.29. The van der Waals surface area contributed by atoms with Crippen molar-refractivity contribution in [2.75, 3.05) is 25.0 Å². The van der Waals surface area contributed by atoms with Gasteiger partial charge < -0.3 is 15.4 Å². The van der Waals surface area contributed by atoms with Gasteiger partial charge in [0.2, 0.25) is 5.88 Å². The molecule has 0 bridgehead atoms. The molecule has 0 amide bonds. The molecule has 2 N–H and O–H groups in total. The summed E-state index contributed by atoms with van der Waals surface area (Å²) in [5, 5.41) is 11.2. The number of nitrogens with zero attached hydrogens (tertiary/aromatic N) is 4. The van der Waals surface area contributed by atoms with Gasteiger partial charge in [0, 0.05) is 55.5 Å². The van der Waals surface area contributed by atoms with Crippen LogP contribution in [0.5, 0.6) is 5.88 Å². The first-order chi connectivity index (χ1) is 15.0. The van der Waals surface area contributed by atoms with E-state index in [-0.39, 0.29) is 6.10 Å². The first-order valence-electron chi connectivity index (χ1n) is 10.6. The van der Waals surface area contributed by atoms with Crippen molar-refractivity contribution in [3.05, 3.63) is 66.9 Å². The molecule has 164 valence electrons. The Morgan fingerprint density at radius 1 is 1.29 bits per heavy atom. The number of hydrogen-bond donors (Lipinski definition) is 2. The van der Waals surface area contributed by atoms with Crippen molar-refractivity contribution in [2.24, 2.45) is 7.05 Å². The highest BCUT2D eigenvalue weighted by molar-refractivity contribution is 5.69. The van der Waals surface area contributed by atoms with Gasteiger partial charge in [-0.25, -0.2) is 4.98 Å². The van der Waals surface area contributed by atoms with Crippen LogP contribution in [0.25, 0.3) is 11.1 Å². The Morgan fingerprint density at radius 2 is 2.10 bits per heavy atom. The van der Waals surface area contributed by atoms with Crippen molar-refractivity contribution in [3.63, 3.8) is 0 Å². The minimum absolute atomic E-state index is 0.0487. The molecule has 7 nitrogen and oxygen atoms in total. The third-order valence-electron chi connectivity index (χ3n) is 5.01. The minimum Gasteiger partial charge on any atom is -0.470 e. The van der Waals surface area contributed by atoms with Crippen LogP contribution in [0.4, 0.5) is 5.69 Å². The molecule has 0 aromatic carbocycles. The summed E-state index contributed by atoms with van der Waals surface area (Å²) >= 11 is 0. The van der Waals surface area contributed by atoms with E-state index in [4.69, 9.17) is 4.74 Å². The van der Waals surface area contributed by atoms with E-state index in [1.165, 1.54) is 5.56 Å². The third-order valence-corrected chi connectivity index (χ3v) is 5.01. The van der Waals surface area contributed by atoms with E-state index in [0.717, 1.165) is 42.1 Å². The van der Waals surface area contributed by atoms with Crippen molar-refractivity contribution in [2.45, 2.75) is 32.8 Å². The summed E-state index contributed by atoms with van der Waals surface area (Å²) in [7, 11) is 1.91. The van der Waals surface area contributed by atoms with E-state index in [1.807, 2.05) is 45.7 Å². The van der Waals surface area contributed by atoms with Crippen LogP contribution < -0.4 is 15.4 Å². The Kier molecular flexibility index (Phi) is 7.78. The third kappa shape index (κ3) is 6.15. The summed E-state index contributed by atoms with van der Waals surface area (Å²) in [6, 6.07) is 6.27. The fourth-order valence-corrected chi connectivity index (χ4v) is 3.29. The lowest BCUT2D eigenvalue weighted by molar-refractivity contribution is 0.193. The molecule has 4 heterocycles. The summed E-state index contributed by atoms with van der Waals surface area (Å²) in [6.07, 6.45) is 9.41. The van der Waals surface area contributed by atoms with E-state index in [9.17, 15) is 0 Å².